The van der Waals surface area contributed by atoms with Crippen LogP contribution >= 0.6 is 11.3 Å². The van der Waals surface area contributed by atoms with Crippen LogP contribution in [0.1, 0.15) is 0 Å². The lowest BCUT2D eigenvalue weighted by Gasteiger charge is -2.06. The highest BCUT2D eigenvalue weighted by Crippen LogP contribution is 2.22. The number of hydrogen-bond acceptors (Lipinski definition) is 3. The fourth-order valence-electron chi connectivity index (χ4n) is 2.35. The summed E-state index contributed by atoms with van der Waals surface area (Å²) < 4.78 is 7.44. The lowest BCUT2D eigenvalue weighted by Crippen LogP contribution is -2.14. The zero-order chi connectivity index (χ0) is 16.1. The largest absolute Gasteiger partial charge is 0.497 e. The molecule has 1 heterocycles. The Balaban J connectivity index is 2.10. The summed E-state index contributed by atoms with van der Waals surface area (Å²) in [4.78, 5) is 5.71. The Labute approximate surface area is 139 Å². The van der Waals surface area contributed by atoms with Crippen LogP contribution in [0.5, 0.6) is 5.75 Å². The van der Waals surface area contributed by atoms with Gasteiger partial charge in [-0.05, 0) is 17.7 Å². The molecule has 0 N–H and O–H groups in total. The molecule has 0 aliphatic carbocycles. The first-order valence-electron chi connectivity index (χ1n) is 7.35. The van der Waals surface area contributed by atoms with E-state index >= 15 is 0 Å². The van der Waals surface area contributed by atoms with Gasteiger partial charge in [0.1, 0.15) is 5.75 Å². The summed E-state index contributed by atoms with van der Waals surface area (Å²) in [7, 11) is 1.66. The highest BCUT2D eigenvalue weighted by Gasteiger charge is 2.06. The van der Waals surface area contributed by atoms with Crippen molar-refractivity contribution in [3.8, 4) is 17.0 Å². The van der Waals surface area contributed by atoms with Gasteiger partial charge < -0.3 is 9.30 Å². The number of hydrogen-bond donors (Lipinski definition) is 0. The van der Waals surface area contributed by atoms with Gasteiger partial charge in [0.05, 0.1) is 18.5 Å². The summed E-state index contributed by atoms with van der Waals surface area (Å²) >= 11 is 1.63. The molecule has 0 amide bonds. The molecule has 0 saturated carbocycles. The van der Waals surface area contributed by atoms with E-state index < -0.39 is 0 Å². The SMILES string of the molecule is C=CCn1c(-c2ccccc2)csc1=Nc1cccc(OC)c1. The molecule has 0 saturated heterocycles. The molecule has 0 aliphatic rings. The molecule has 0 spiro atoms. The third kappa shape index (κ3) is 3.43. The van der Waals surface area contributed by atoms with Gasteiger partial charge in [0, 0.05) is 18.0 Å². The average molecular weight is 322 g/mol. The normalized spacial score (nSPS) is 11.4. The first-order chi connectivity index (χ1) is 11.3. The lowest BCUT2D eigenvalue weighted by atomic mass is 10.2. The second-order valence-corrected chi connectivity index (χ2v) is 5.82. The molecule has 116 valence electrons. The van der Waals surface area contributed by atoms with E-state index in [2.05, 4.69) is 28.7 Å². The molecule has 23 heavy (non-hydrogen) atoms. The number of rotatable bonds is 5. The molecule has 0 bridgehead atoms. The predicted octanol–water partition coefficient (Wildman–Crippen LogP) is 4.64. The van der Waals surface area contributed by atoms with Crippen LogP contribution in [0.25, 0.3) is 11.3 Å². The number of allylic oxidation sites excluding steroid dienone is 1. The van der Waals surface area contributed by atoms with Gasteiger partial charge in [-0.3, -0.25) is 0 Å². The summed E-state index contributed by atoms with van der Waals surface area (Å²) in [6.07, 6.45) is 1.89. The van der Waals surface area contributed by atoms with E-state index in [4.69, 9.17) is 9.73 Å². The highest BCUT2D eigenvalue weighted by atomic mass is 32.1. The molecule has 0 atom stereocenters. The van der Waals surface area contributed by atoms with Crippen molar-refractivity contribution in [3.05, 3.63) is 77.4 Å². The minimum absolute atomic E-state index is 0.719. The van der Waals surface area contributed by atoms with Crippen LogP contribution in [-0.4, -0.2) is 11.7 Å². The fourth-order valence-corrected chi connectivity index (χ4v) is 3.29. The Morgan fingerprint density at radius 2 is 2.00 bits per heavy atom. The van der Waals surface area contributed by atoms with Crippen LogP contribution in [0.2, 0.25) is 0 Å². The number of ether oxygens (including phenoxy) is 1. The number of methoxy groups -OCH3 is 1. The zero-order valence-corrected chi connectivity index (χ0v) is 13.8. The van der Waals surface area contributed by atoms with E-state index in [1.165, 1.54) is 5.56 Å². The van der Waals surface area contributed by atoms with Gasteiger partial charge in [0.2, 0.25) is 0 Å². The molecule has 0 radical (unpaired) electrons. The molecular weight excluding hydrogens is 304 g/mol. The van der Waals surface area contributed by atoms with E-state index in [1.807, 2.05) is 48.5 Å². The van der Waals surface area contributed by atoms with Crippen molar-refractivity contribution in [2.75, 3.05) is 7.11 Å². The monoisotopic (exact) mass is 322 g/mol. The Bertz CT molecular complexity index is 862. The number of benzene rings is 2. The average Bonchev–Trinajstić information content (AvgIpc) is 2.99. The second kappa shape index (κ2) is 7.11. The Morgan fingerprint density at radius 1 is 1.17 bits per heavy atom. The molecule has 0 unspecified atom stereocenters. The van der Waals surface area contributed by atoms with E-state index in [-0.39, 0.29) is 0 Å². The molecule has 3 rings (SSSR count). The van der Waals surface area contributed by atoms with Crippen LogP contribution in [0.15, 0.2) is 77.6 Å². The standard InChI is InChI=1S/C19H18N2OS/c1-3-12-21-18(15-8-5-4-6-9-15)14-23-19(21)20-16-10-7-11-17(13-16)22-2/h3-11,13-14H,1,12H2,2H3. The van der Waals surface area contributed by atoms with Crippen LogP contribution in [0.3, 0.4) is 0 Å². The number of nitrogens with zero attached hydrogens (tertiary/aromatic N) is 2. The zero-order valence-electron chi connectivity index (χ0n) is 13.0. The Hall–Kier alpha value is -2.59. The lowest BCUT2D eigenvalue weighted by molar-refractivity contribution is 0.415. The van der Waals surface area contributed by atoms with Gasteiger partial charge in [0.25, 0.3) is 0 Å². The third-order valence-corrected chi connectivity index (χ3v) is 4.32. The van der Waals surface area contributed by atoms with Crippen molar-refractivity contribution in [2.45, 2.75) is 6.54 Å². The van der Waals surface area contributed by atoms with Crippen molar-refractivity contribution >= 4 is 17.0 Å². The minimum Gasteiger partial charge on any atom is -0.497 e. The summed E-state index contributed by atoms with van der Waals surface area (Å²) in [6.45, 7) is 4.59. The van der Waals surface area contributed by atoms with E-state index in [1.54, 1.807) is 18.4 Å². The molecule has 2 aromatic carbocycles. The predicted molar refractivity (Wildman–Crippen MR) is 96.2 cm³/mol. The quantitative estimate of drug-likeness (QED) is 0.628. The Morgan fingerprint density at radius 3 is 2.74 bits per heavy atom. The molecule has 4 heteroatoms. The first-order valence-corrected chi connectivity index (χ1v) is 8.23. The summed E-state index contributed by atoms with van der Waals surface area (Å²) in [5.74, 6) is 0.807. The van der Waals surface area contributed by atoms with Crippen molar-refractivity contribution in [3.63, 3.8) is 0 Å². The molecule has 0 aliphatic heterocycles. The maximum Gasteiger partial charge on any atom is 0.190 e. The van der Waals surface area contributed by atoms with Crippen LogP contribution < -0.4 is 9.54 Å². The molecule has 1 aromatic heterocycles. The summed E-state index contributed by atoms with van der Waals surface area (Å²) in [6, 6.07) is 18.1. The molecule has 0 fully saturated rings. The van der Waals surface area contributed by atoms with Crippen molar-refractivity contribution in [1.29, 1.82) is 0 Å². The van der Waals surface area contributed by atoms with Gasteiger partial charge in [-0.1, -0.05) is 42.5 Å². The maximum atomic E-state index is 5.27. The number of thiazole rings is 1. The van der Waals surface area contributed by atoms with Gasteiger partial charge in [-0.15, -0.1) is 17.9 Å². The van der Waals surface area contributed by atoms with Crippen LogP contribution in [0.4, 0.5) is 5.69 Å². The van der Waals surface area contributed by atoms with Gasteiger partial charge in [-0.2, -0.15) is 0 Å². The minimum atomic E-state index is 0.719. The first kappa shape index (κ1) is 15.3. The highest BCUT2D eigenvalue weighted by molar-refractivity contribution is 7.07. The van der Waals surface area contributed by atoms with Crippen molar-refractivity contribution in [2.24, 2.45) is 4.99 Å². The molecule has 3 aromatic rings. The van der Waals surface area contributed by atoms with E-state index in [9.17, 15) is 0 Å². The van der Waals surface area contributed by atoms with Gasteiger partial charge in [0.15, 0.2) is 4.80 Å². The van der Waals surface area contributed by atoms with Gasteiger partial charge >= 0.3 is 0 Å². The Kier molecular flexibility index (Phi) is 4.74. The van der Waals surface area contributed by atoms with E-state index in [0.29, 0.717) is 0 Å². The van der Waals surface area contributed by atoms with E-state index in [0.717, 1.165) is 28.5 Å². The van der Waals surface area contributed by atoms with Crippen molar-refractivity contribution < 1.29 is 4.74 Å². The smallest absolute Gasteiger partial charge is 0.190 e. The molecular formula is C19H18N2OS. The van der Waals surface area contributed by atoms with Gasteiger partial charge in [-0.25, -0.2) is 4.99 Å². The van der Waals surface area contributed by atoms with Crippen molar-refractivity contribution in [1.82, 2.24) is 4.57 Å². The third-order valence-electron chi connectivity index (χ3n) is 3.46. The summed E-state index contributed by atoms with van der Waals surface area (Å²) in [5.41, 5.74) is 3.21. The van der Waals surface area contributed by atoms with Crippen LogP contribution in [0, 0.1) is 0 Å². The maximum absolute atomic E-state index is 5.27. The van der Waals surface area contributed by atoms with Crippen LogP contribution in [-0.2, 0) is 6.54 Å². The summed E-state index contributed by atoms with van der Waals surface area (Å²) in [5, 5.41) is 2.14. The topological polar surface area (TPSA) is 26.5 Å². The second-order valence-electron chi connectivity index (χ2n) is 4.98. The number of aromatic nitrogens is 1. The fraction of sp³-hybridized carbons (Fsp3) is 0.105. The molecule has 3 nitrogen and oxygen atoms in total.